The van der Waals surface area contributed by atoms with Gasteiger partial charge in [0.25, 0.3) is 0 Å². The van der Waals surface area contributed by atoms with Crippen LogP contribution >= 0.6 is 0 Å². The molecule has 0 unspecified atom stereocenters. The largest absolute Gasteiger partial charge is 0.355 e. The molecule has 2 nitrogen and oxygen atoms in total. The van der Waals surface area contributed by atoms with Gasteiger partial charge in [-0.2, -0.15) is 5.56 Å². The predicted molar refractivity (Wildman–Crippen MR) is 96.0 cm³/mol. The molecule has 0 fully saturated rings. The van der Waals surface area contributed by atoms with Crippen molar-refractivity contribution in [1.82, 2.24) is 9.96 Å². The van der Waals surface area contributed by atoms with Crippen molar-refractivity contribution in [2.24, 2.45) is 0 Å². The molecule has 1 rings (SSSR count). The fraction of sp³-hybridized carbons (Fsp3) is 0.562. The van der Waals surface area contributed by atoms with Crippen LogP contribution < -0.4 is 9.96 Å². The molecule has 0 aliphatic rings. The topological polar surface area (TPSA) is 24.1 Å². The summed E-state index contributed by atoms with van der Waals surface area (Å²) in [7, 11) is -2.78. The van der Waals surface area contributed by atoms with Crippen molar-refractivity contribution in [2.45, 2.75) is 60.1 Å². The van der Waals surface area contributed by atoms with E-state index in [9.17, 15) is 0 Å². The zero-order chi connectivity index (χ0) is 15.7. The highest BCUT2D eigenvalue weighted by atomic mass is 28.3. The number of hydrogen-bond acceptors (Lipinski definition) is 2. The summed E-state index contributed by atoms with van der Waals surface area (Å²) in [5, 5.41) is 0. The average molecular weight is 308 g/mol. The monoisotopic (exact) mass is 307 g/mol. The third-order valence-corrected chi connectivity index (χ3v) is 4.93. The van der Waals surface area contributed by atoms with Crippen LogP contribution in [0.1, 0.15) is 22.3 Å². The molecule has 0 bridgehead atoms. The second-order valence-electron chi connectivity index (χ2n) is 7.90. The Labute approximate surface area is 127 Å². The lowest BCUT2D eigenvalue weighted by molar-refractivity contribution is 0.822. The number of benzene rings is 1. The molecule has 0 heterocycles. The van der Waals surface area contributed by atoms with Gasteiger partial charge in [0.15, 0.2) is 0 Å². The van der Waals surface area contributed by atoms with Crippen LogP contribution in [0.25, 0.3) is 0 Å². The van der Waals surface area contributed by atoms with E-state index >= 15 is 0 Å². The molecule has 4 heteroatoms. The maximum Gasteiger partial charge on any atom is 0.110 e. The molecule has 0 saturated carbocycles. The van der Waals surface area contributed by atoms with Crippen molar-refractivity contribution in [1.29, 1.82) is 0 Å². The van der Waals surface area contributed by atoms with E-state index < -0.39 is 16.5 Å². The maximum absolute atomic E-state index is 3.81. The second-order valence-corrected chi connectivity index (χ2v) is 17.4. The predicted octanol–water partition coefficient (Wildman–Crippen LogP) is 4.30. The van der Waals surface area contributed by atoms with Gasteiger partial charge in [0.05, 0.1) is 0 Å². The van der Waals surface area contributed by atoms with Gasteiger partial charge in [-0.3, -0.25) is 0 Å². The standard InChI is InChI=1S/C16H31N2Si2/c1-12-10-13(2)15(14(3)11-12)16(17-19(4,5)6)18-20(7,8)9/h10-11,17-18H,1-9H3/q-1. The summed E-state index contributed by atoms with van der Waals surface area (Å²) >= 11 is 0. The van der Waals surface area contributed by atoms with Crippen LogP contribution in [0.15, 0.2) is 12.1 Å². The molecule has 1 aromatic carbocycles. The normalized spacial score (nSPS) is 12.7. The quantitative estimate of drug-likeness (QED) is 0.626. The van der Waals surface area contributed by atoms with Gasteiger partial charge in [0.1, 0.15) is 16.5 Å². The zero-order valence-corrected chi connectivity index (χ0v) is 16.7. The smallest absolute Gasteiger partial charge is 0.110 e. The van der Waals surface area contributed by atoms with E-state index in [1.165, 1.54) is 28.4 Å². The van der Waals surface area contributed by atoms with E-state index in [1.807, 2.05) is 0 Å². The third kappa shape index (κ3) is 5.44. The molecule has 0 aliphatic heterocycles. The average Bonchev–Trinajstić information content (AvgIpc) is 2.08. The summed E-state index contributed by atoms with van der Waals surface area (Å²) in [6.07, 6.45) is 1.25. The summed E-state index contributed by atoms with van der Waals surface area (Å²) in [5.74, 6) is 0. The Morgan fingerprint density at radius 2 is 1.10 bits per heavy atom. The molecular weight excluding hydrogens is 276 g/mol. The van der Waals surface area contributed by atoms with Crippen LogP contribution in [-0.2, 0) is 0 Å². The summed E-state index contributed by atoms with van der Waals surface area (Å²) in [6, 6.07) is 4.56. The first-order valence-electron chi connectivity index (χ1n) is 7.40. The van der Waals surface area contributed by atoms with Gasteiger partial charge in [-0.05, 0) is 6.92 Å². The number of rotatable bonds is 5. The second kappa shape index (κ2) is 6.06. The van der Waals surface area contributed by atoms with Crippen molar-refractivity contribution in [3.05, 3.63) is 40.6 Å². The SMILES string of the molecule is Cc1cc(C)c([C-](N[Si](C)(C)C)N[Si](C)(C)C)c(C)c1. The first kappa shape index (κ1) is 17.5. The molecule has 114 valence electrons. The first-order valence-corrected chi connectivity index (χ1v) is 14.4. The molecule has 2 N–H and O–H groups in total. The number of hydrogen-bond donors (Lipinski definition) is 2. The molecule has 0 radical (unpaired) electrons. The minimum Gasteiger partial charge on any atom is -0.355 e. The van der Waals surface area contributed by atoms with Crippen LogP contribution in [0.5, 0.6) is 0 Å². The van der Waals surface area contributed by atoms with Gasteiger partial charge in [-0.15, -0.1) is 23.3 Å². The maximum atomic E-state index is 3.81. The molecule has 0 aromatic heterocycles. The molecular formula is C16H31N2Si2-. The third-order valence-electron chi connectivity index (χ3n) is 2.93. The Bertz CT molecular complexity index is 431. The van der Waals surface area contributed by atoms with Gasteiger partial charge in [0, 0.05) is 0 Å². The molecule has 0 atom stereocenters. The first-order chi connectivity index (χ1) is 8.89. The molecule has 0 amide bonds. The van der Waals surface area contributed by atoms with E-state index in [4.69, 9.17) is 0 Å². The van der Waals surface area contributed by atoms with Crippen molar-refractivity contribution in [2.75, 3.05) is 0 Å². The van der Waals surface area contributed by atoms with E-state index in [0.29, 0.717) is 0 Å². The van der Waals surface area contributed by atoms with Crippen LogP contribution in [0.2, 0.25) is 39.3 Å². The minimum atomic E-state index is -1.39. The van der Waals surface area contributed by atoms with Crippen molar-refractivity contribution < 1.29 is 0 Å². The van der Waals surface area contributed by atoms with E-state index in [-0.39, 0.29) is 0 Å². The fourth-order valence-electron chi connectivity index (χ4n) is 2.48. The fourth-order valence-corrected chi connectivity index (χ4v) is 4.48. The van der Waals surface area contributed by atoms with Gasteiger partial charge < -0.3 is 9.96 Å². The highest BCUT2D eigenvalue weighted by Crippen LogP contribution is 2.24. The summed E-state index contributed by atoms with van der Waals surface area (Å²) in [6.45, 7) is 20.7. The Kier molecular flexibility index (Phi) is 5.30. The lowest BCUT2D eigenvalue weighted by Gasteiger charge is -2.41. The van der Waals surface area contributed by atoms with Gasteiger partial charge in [-0.1, -0.05) is 64.9 Å². The number of nitrogens with one attached hydrogen (secondary N) is 2. The number of aryl methyl sites for hydroxylation is 3. The zero-order valence-electron chi connectivity index (χ0n) is 14.7. The van der Waals surface area contributed by atoms with E-state index in [0.717, 1.165) is 0 Å². The lowest BCUT2D eigenvalue weighted by atomic mass is 9.98. The lowest BCUT2D eigenvalue weighted by Crippen LogP contribution is -2.56. The summed E-state index contributed by atoms with van der Waals surface area (Å²) in [5.41, 5.74) is 5.41. The van der Waals surface area contributed by atoms with Gasteiger partial charge in [0.2, 0.25) is 0 Å². The molecule has 0 aliphatic carbocycles. The Morgan fingerprint density at radius 1 is 0.750 bits per heavy atom. The summed E-state index contributed by atoms with van der Waals surface area (Å²) in [4.78, 5) is 7.62. The van der Waals surface area contributed by atoms with Crippen molar-refractivity contribution in [3.63, 3.8) is 0 Å². The molecule has 0 saturated heterocycles. The van der Waals surface area contributed by atoms with E-state index in [1.54, 1.807) is 0 Å². The minimum absolute atomic E-state index is 1.25. The Hall–Kier alpha value is -0.556. The Morgan fingerprint density at radius 3 is 1.40 bits per heavy atom. The van der Waals surface area contributed by atoms with Crippen molar-refractivity contribution >= 4 is 16.5 Å². The van der Waals surface area contributed by atoms with E-state index in [2.05, 4.69) is 82.2 Å². The molecule has 1 aromatic rings. The van der Waals surface area contributed by atoms with Gasteiger partial charge >= 0.3 is 0 Å². The van der Waals surface area contributed by atoms with Crippen LogP contribution in [0.3, 0.4) is 0 Å². The van der Waals surface area contributed by atoms with Gasteiger partial charge in [-0.25, -0.2) is 0 Å². The highest BCUT2D eigenvalue weighted by molar-refractivity contribution is 6.75. The van der Waals surface area contributed by atoms with Crippen LogP contribution in [0, 0.1) is 26.9 Å². The van der Waals surface area contributed by atoms with Crippen LogP contribution in [-0.4, -0.2) is 16.5 Å². The van der Waals surface area contributed by atoms with Crippen molar-refractivity contribution in [3.8, 4) is 0 Å². The Balaban J connectivity index is 3.23. The molecule has 0 spiro atoms. The van der Waals surface area contributed by atoms with Crippen LogP contribution in [0.4, 0.5) is 0 Å². The summed E-state index contributed by atoms with van der Waals surface area (Å²) < 4.78 is 0. The molecule has 20 heavy (non-hydrogen) atoms. The highest BCUT2D eigenvalue weighted by Gasteiger charge is 2.22.